The highest BCUT2D eigenvalue weighted by atomic mass is 16.3. The normalized spacial score (nSPS) is 28.4. The van der Waals surface area contributed by atoms with Gasteiger partial charge in [-0.1, -0.05) is 11.6 Å². The summed E-state index contributed by atoms with van der Waals surface area (Å²) in [5.74, 6) is 2.75. The van der Waals surface area contributed by atoms with Crippen LogP contribution in [0.1, 0.15) is 62.6 Å². The number of aromatic nitrogens is 1. The van der Waals surface area contributed by atoms with Crippen molar-refractivity contribution in [2.45, 2.75) is 64.7 Å². The topological polar surface area (TPSA) is 74.2 Å². The summed E-state index contributed by atoms with van der Waals surface area (Å²) in [6, 6.07) is 8.40. The summed E-state index contributed by atoms with van der Waals surface area (Å²) in [7, 11) is 0. The van der Waals surface area contributed by atoms with Gasteiger partial charge in [-0.3, -0.25) is 9.78 Å². The van der Waals surface area contributed by atoms with Crippen LogP contribution >= 0.6 is 0 Å². The van der Waals surface area contributed by atoms with Gasteiger partial charge in [-0.2, -0.15) is 0 Å². The number of aliphatic hydroxyl groups is 1. The van der Waals surface area contributed by atoms with E-state index in [0.29, 0.717) is 6.42 Å². The maximum Gasteiger partial charge on any atom is 0.224 e. The molecule has 4 bridgehead atoms. The second-order valence-electron chi connectivity index (χ2n) is 10.9. The molecule has 1 aromatic heterocycles. The predicted molar refractivity (Wildman–Crippen MR) is 129 cm³/mol. The fraction of sp³-hybridized carbons (Fsp3) is 0.630. The average Bonchev–Trinajstić information content (AvgIpc) is 2.72. The van der Waals surface area contributed by atoms with E-state index in [1.54, 1.807) is 0 Å². The minimum atomic E-state index is 0.162. The van der Waals surface area contributed by atoms with Gasteiger partial charge in [0.2, 0.25) is 5.91 Å². The molecule has 2 aromatic rings. The summed E-state index contributed by atoms with van der Waals surface area (Å²) in [6.07, 6.45) is 10.1. The Morgan fingerprint density at radius 3 is 2.50 bits per heavy atom. The smallest absolute Gasteiger partial charge is 0.224 e. The molecule has 0 radical (unpaired) electrons. The van der Waals surface area contributed by atoms with Crippen molar-refractivity contribution in [1.82, 2.24) is 10.3 Å². The molecule has 1 aromatic carbocycles. The third-order valence-electron chi connectivity index (χ3n) is 8.07. The molecule has 3 N–H and O–H groups in total. The monoisotopic (exact) mass is 435 g/mol. The van der Waals surface area contributed by atoms with Gasteiger partial charge in [0.1, 0.15) is 0 Å². The first-order valence-corrected chi connectivity index (χ1v) is 12.5. The lowest BCUT2D eigenvalue weighted by Gasteiger charge is -2.56. The molecule has 4 fully saturated rings. The van der Waals surface area contributed by atoms with E-state index in [9.17, 15) is 4.79 Å². The molecule has 4 aliphatic rings. The zero-order valence-electron chi connectivity index (χ0n) is 19.3. The van der Waals surface area contributed by atoms with Crippen LogP contribution in [0.15, 0.2) is 24.3 Å². The molecule has 4 aliphatic carbocycles. The van der Waals surface area contributed by atoms with Crippen molar-refractivity contribution >= 4 is 22.5 Å². The fourth-order valence-electron chi connectivity index (χ4n) is 7.21. The zero-order chi connectivity index (χ0) is 22.1. The highest BCUT2D eigenvalue weighted by Gasteiger charge is 2.51. The van der Waals surface area contributed by atoms with Crippen molar-refractivity contribution in [3.05, 3.63) is 35.5 Å². The van der Waals surface area contributed by atoms with Crippen LogP contribution in [-0.2, 0) is 11.2 Å². The van der Waals surface area contributed by atoms with Crippen molar-refractivity contribution in [1.29, 1.82) is 0 Å². The van der Waals surface area contributed by atoms with Crippen molar-refractivity contribution in [3.8, 4) is 0 Å². The summed E-state index contributed by atoms with van der Waals surface area (Å²) in [5, 5.41) is 16.7. The van der Waals surface area contributed by atoms with Crippen LogP contribution in [-0.4, -0.2) is 35.7 Å². The second kappa shape index (κ2) is 9.11. The van der Waals surface area contributed by atoms with Crippen molar-refractivity contribution in [2.24, 2.45) is 23.2 Å². The Morgan fingerprint density at radius 2 is 1.81 bits per heavy atom. The number of nitrogens with one attached hydrogen (secondary N) is 2. The van der Waals surface area contributed by atoms with Crippen LogP contribution in [0.5, 0.6) is 0 Å². The largest absolute Gasteiger partial charge is 0.396 e. The van der Waals surface area contributed by atoms with E-state index in [2.05, 4.69) is 41.8 Å². The summed E-state index contributed by atoms with van der Waals surface area (Å²) in [6.45, 7) is 3.86. The first-order valence-electron chi connectivity index (χ1n) is 12.5. The molecule has 6 rings (SSSR count). The Bertz CT molecular complexity index is 951. The summed E-state index contributed by atoms with van der Waals surface area (Å²) in [5.41, 5.74) is 4.22. The quantitative estimate of drug-likeness (QED) is 0.503. The van der Waals surface area contributed by atoms with Crippen LogP contribution in [0.2, 0.25) is 0 Å². The number of fused-ring (bicyclic) bond motifs is 1. The molecule has 1 amide bonds. The van der Waals surface area contributed by atoms with Gasteiger partial charge in [0.25, 0.3) is 0 Å². The summed E-state index contributed by atoms with van der Waals surface area (Å²) < 4.78 is 0. The van der Waals surface area contributed by atoms with Crippen LogP contribution in [0.3, 0.4) is 0 Å². The Kier molecular flexibility index (Phi) is 6.22. The van der Waals surface area contributed by atoms with Crippen molar-refractivity contribution in [2.75, 3.05) is 25.0 Å². The number of rotatable bonds is 9. The minimum Gasteiger partial charge on any atom is -0.396 e. The average molecular weight is 436 g/mol. The molecule has 0 atom stereocenters. The molecule has 0 aliphatic heterocycles. The van der Waals surface area contributed by atoms with Gasteiger partial charge in [-0.05, 0) is 99.8 Å². The van der Waals surface area contributed by atoms with Gasteiger partial charge < -0.3 is 15.7 Å². The van der Waals surface area contributed by atoms with E-state index in [4.69, 9.17) is 10.1 Å². The van der Waals surface area contributed by atoms with E-state index < -0.39 is 0 Å². The predicted octanol–water partition coefficient (Wildman–Crippen LogP) is 4.60. The molecule has 4 saturated carbocycles. The number of nitrogens with zero attached hydrogens (tertiary/aromatic N) is 1. The third kappa shape index (κ3) is 4.69. The molecular weight excluding hydrogens is 398 g/mol. The molecular formula is C27H37N3O2. The van der Waals surface area contributed by atoms with E-state index in [-0.39, 0.29) is 17.9 Å². The Balaban J connectivity index is 1.32. The van der Waals surface area contributed by atoms with Crippen molar-refractivity contribution in [3.63, 3.8) is 0 Å². The van der Waals surface area contributed by atoms with E-state index in [0.717, 1.165) is 66.0 Å². The van der Waals surface area contributed by atoms with Crippen LogP contribution < -0.4 is 10.6 Å². The van der Waals surface area contributed by atoms with E-state index >= 15 is 0 Å². The number of aliphatic hydroxyl groups excluding tert-OH is 1. The number of aryl methyl sites for hydroxylation is 1. The molecule has 1 heterocycles. The summed E-state index contributed by atoms with van der Waals surface area (Å²) in [4.78, 5) is 18.2. The standard InChI is InChI=1S/C27H37N3O2/c1-18-3-4-23-22(9-18)13-25(24(29-23)5-7-28-6-2-8-31)30-26(32)17-27-14-19-10-20(15-27)12-21(11-19)16-27/h3-4,9,13,19-21,28,31H,2,5-8,10-12,14-17H2,1H3,(H,30,32). The van der Waals surface area contributed by atoms with Gasteiger partial charge in [0.05, 0.1) is 16.9 Å². The molecule has 5 heteroatoms. The number of benzene rings is 1. The SMILES string of the molecule is Cc1ccc2nc(CCNCCCO)c(NC(=O)CC34CC5CC(CC(C5)C3)C4)cc2c1. The maximum absolute atomic E-state index is 13.3. The van der Waals surface area contributed by atoms with Crippen LogP contribution in [0.4, 0.5) is 5.69 Å². The molecule has 0 spiro atoms. The van der Waals surface area contributed by atoms with Gasteiger partial charge in [0, 0.05) is 31.4 Å². The number of hydrogen-bond donors (Lipinski definition) is 3. The minimum absolute atomic E-state index is 0.162. The Labute approximate surface area is 191 Å². The Morgan fingerprint density at radius 1 is 1.09 bits per heavy atom. The Hall–Kier alpha value is -1.98. The zero-order valence-corrected chi connectivity index (χ0v) is 19.3. The fourth-order valence-corrected chi connectivity index (χ4v) is 7.21. The molecule has 5 nitrogen and oxygen atoms in total. The van der Waals surface area contributed by atoms with Gasteiger partial charge >= 0.3 is 0 Å². The van der Waals surface area contributed by atoms with Gasteiger partial charge in [0.15, 0.2) is 0 Å². The highest BCUT2D eigenvalue weighted by molar-refractivity contribution is 5.94. The number of hydrogen-bond acceptors (Lipinski definition) is 4. The lowest BCUT2D eigenvalue weighted by Crippen LogP contribution is -2.47. The third-order valence-corrected chi connectivity index (χ3v) is 8.07. The molecule has 172 valence electrons. The lowest BCUT2D eigenvalue weighted by molar-refractivity contribution is -0.124. The van der Waals surface area contributed by atoms with Gasteiger partial charge in [-0.25, -0.2) is 0 Å². The molecule has 0 unspecified atom stereocenters. The maximum atomic E-state index is 13.3. The van der Waals surface area contributed by atoms with Crippen LogP contribution in [0, 0.1) is 30.1 Å². The number of amides is 1. The molecule has 0 saturated heterocycles. The first kappa shape index (κ1) is 21.8. The first-order chi connectivity index (χ1) is 15.5. The number of carbonyl (C=O) groups is 1. The van der Waals surface area contributed by atoms with Gasteiger partial charge in [-0.15, -0.1) is 0 Å². The lowest BCUT2D eigenvalue weighted by atomic mass is 9.49. The van der Waals surface area contributed by atoms with E-state index in [1.807, 2.05) is 0 Å². The summed E-state index contributed by atoms with van der Waals surface area (Å²) >= 11 is 0. The molecule has 32 heavy (non-hydrogen) atoms. The number of pyridine rings is 1. The van der Waals surface area contributed by atoms with E-state index in [1.165, 1.54) is 44.1 Å². The highest BCUT2D eigenvalue weighted by Crippen LogP contribution is 2.61. The number of anilines is 1. The van der Waals surface area contributed by atoms with Crippen LogP contribution in [0.25, 0.3) is 10.9 Å². The second-order valence-corrected chi connectivity index (χ2v) is 10.9. The van der Waals surface area contributed by atoms with Crippen molar-refractivity contribution < 1.29 is 9.90 Å². The number of carbonyl (C=O) groups excluding carboxylic acids is 1.